The van der Waals surface area contributed by atoms with Gasteiger partial charge in [0.1, 0.15) is 17.3 Å². The van der Waals surface area contributed by atoms with Crippen LogP contribution >= 0.6 is 0 Å². The molecule has 166 valence electrons. The van der Waals surface area contributed by atoms with Crippen LogP contribution in [0.5, 0.6) is 0 Å². The van der Waals surface area contributed by atoms with Gasteiger partial charge in [0.25, 0.3) is 0 Å². The van der Waals surface area contributed by atoms with Crippen LogP contribution in [0, 0.1) is 18.3 Å². The molecule has 0 aromatic heterocycles. The molecule has 5 rings (SSSR count). The second-order valence-corrected chi connectivity index (χ2v) is 8.82. The third-order valence-electron chi connectivity index (χ3n) is 6.98. The lowest BCUT2D eigenvalue weighted by Gasteiger charge is -2.44. The van der Waals surface area contributed by atoms with Crippen LogP contribution in [-0.2, 0) is 15.0 Å². The van der Waals surface area contributed by atoms with Crippen LogP contribution in [0.2, 0.25) is 0 Å². The molecule has 2 aromatic rings. The van der Waals surface area contributed by atoms with E-state index in [1.54, 1.807) is 4.90 Å². The molecule has 6 heteroatoms. The average Bonchev–Trinajstić information content (AvgIpc) is 3.05. The van der Waals surface area contributed by atoms with Crippen LogP contribution in [0.15, 0.2) is 71.2 Å². The summed E-state index contributed by atoms with van der Waals surface area (Å²) < 4.78 is 0. The fourth-order valence-corrected chi connectivity index (χ4v) is 5.66. The average molecular weight is 439 g/mol. The second kappa shape index (κ2) is 7.63. The zero-order valence-electron chi connectivity index (χ0n) is 18.9. The number of Topliss-reactive ketones (excluding diaryl/α,β-unsaturated/α-hetero) is 1. The maximum absolute atomic E-state index is 14.2. The first-order valence-electron chi connectivity index (χ1n) is 11.4. The van der Waals surface area contributed by atoms with Gasteiger partial charge in [0.05, 0.1) is 11.3 Å². The molecule has 0 radical (unpaired) electrons. The molecule has 2 aromatic carbocycles. The van der Waals surface area contributed by atoms with Gasteiger partial charge in [-0.3, -0.25) is 14.5 Å². The van der Waals surface area contributed by atoms with Crippen molar-refractivity contribution in [2.45, 2.75) is 44.9 Å². The van der Waals surface area contributed by atoms with Crippen molar-refractivity contribution in [1.29, 1.82) is 5.26 Å². The summed E-state index contributed by atoms with van der Waals surface area (Å²) in [5.74, 6) is -0.115. The fraction of sp³-hybridized carbons (Fsp3) is 0.296. The van der Waals surface area contributed by atoms with Gasteiger partial charge in [-0.25, -0.2) is 0 Å². The molecule has 2 heterocycles. The highest BCUT2D eigenvalue weighted by molar-refractivity contribution is 6.20. The van der Waals surface area contributed by atoms with E-state index < -0.39 is 5.41 Å². The van der Waals surface area contributed by atoms with Gasteiger partial charge >= 0.3 is 0 Å². The monoisotopic (exact) mass is 438 g/mol. The molecule has 1 atom stereocenters. The zero-order valence-corrected chi connectivity index (χ0v) is 18.9. The maximum atomic E-state index is 14.2. The summed E-state index contributed by atoms with van der Waals surface area (Å²) in [7, 11) is 0. The van der Waals surface area contributed by atoms with Crippen molar-refractivity contribution in [3.8, 4) is 6.07 Å². The number of ketones is 1. The van der Waals surface area contributed by atoms with E-state index in [2.05, 4.69) is 6.07 Å². The number of anilines is 2. The summed E-state index contributed by atoms with van der Waals surface area (Å²) in [5.41, 5.74) is 9.77. The fourth-order valence-electron chi connectivity index (χ4n) is 5.66. The molecule has 2 N–H and O–H groups in total. The Morgan fingerprint density at radius 3 is 2.45 bits per heavy atom. The molecule has 3 aliphatic rings. The minimum absolute atomic E-state index is 0.0865. The molecule has 1 amide bonds. The number of carbonyl (C=O) groups excluding carboxylic acids is 2. The number of benzene rings is 2. The Bertz CT molecular complexity index is 1300. The lowest BCUT2D eigenvalue weighted by molar-refractivity contribution is -0.124. The number of hydrogen-bond acceptors (Lipinski definition) is 5. The number of rotatable bonds is 3. The summed E-state index contributed by atoms with van der Waals surface area (Å²) >= 11 is 0. The number of aryl methyl sites for hydroxylation is 1. The molecule has 33 heavy (non-hydrogen) atoms. The molecule has 0 saturated carbocycles. The largest absolute Gasteiger partial charge is 0.384 e. The van der Waals surface area contributed by atoms with Gasteiger partial charge in [0, 0.05) is 35.5 Å². The van der Waals surface area contributed by atoms with Crippen LogP contribution in [0.1, 0.15) is 43.7 Å². The van der Waals surface area contributed by atoms with Gasteiger partial charge in [-0.05, 0) is 43.9 Å². The molecular weight excluding hydrogens is 412 g/mol. The van der Waals surface area contributed by atoms with E-state index in [0.717, 1.165) is 29.1 Å². The SMILES string of the molecule is CCCN1C(=O)[C@@]2(C(C#N)=C(N)N(c3ccccc3C)C3=C2C(=O)CCC3)c2ccccc21. The summed E-state index contributed by atoms with van der Waals surface area (Å²) in [6.45, 7) is 4.49. The van der Waals surface area contributed by atoms with Gasteiger partial charge in [-0.1, -0.05) is 43.3 Å². The summed E-state index contributed by atoms with van der Waals surface area (Å²) in [6.07, 6.45) is 2.40. The maximum Gasteiger partial charge on any atom is 0.247 e. The predicted molar refractivity (Wildman–Crippen MR) is 127 cm³/mol. The highest BCUT2D eigenvalue weighted by atomic mass is 16.2. The molecule has 0 fully saturated rings. The highest BCUT2D eigenvalue weighted by Gasteiger charge is 2.62. The molecule has 1 aliphatic carbocycles. The number of carbonyl (C=O) groups is 2. The van der Waals surface area contributed by atoms with Crippen molar-refractivity contribution >= 4 is 23.1 Å². The van der Waals surface area contributed by atoms with E-state index in [1.165, 1.54) is 0 Å². The van der Waals surface area contributed by atoms with Crippen molar-refractivity contribution in [3.05, 3.63) is 82.3 Å². The van der Waals surface area contributed by atoms with Gasteiger partial charge < -0.3 is 10.6 Å². The molecule has 0 bridgehead atoms. The van der Waals surface area contributed by atoms with E-state index in [-0.39, 0.29) is 23.1 Å². The normalized spacial score (nSPS) is 22.1. The number of allylic oxidation sites excluding steroid dienone is 1. The Morgan fingerprint density at radius 2 is 1.76 bits per heavy atom. The summed E-state index contributed by atoms with van der Waals surface area (Å²) in [6, 6.07) is 17.5. The van der Waals surface area contributed by atoms with Gasteiger partial charge in [0.15, 0.2) is 5.78 Å². The Balaban J connectivity index is 1.89. The lowest BCUT2D eigenvalue weighted by atomic mass is 9.63. The van der Waals surface area contributed by atoms with Crippen LogP contribution in [0.3, 0.4) is 0 Å². The summed E-state index contributed by atoms with van der Waals surface area (Å²) in [5, 5.41) is 10.4. The van der Waals surface area contributed by atoms with E-state index in [4.69, 9.17) is 5.73 Å². The lowest BCUT2D eigenvalue weighted by Crippen LogP contribution is -2.52. The Kier molecular flexibility index (Phi) is 4.86. The topological polar surface area (TPSA) is 90.4 Å². The molecule has 0 unspecified atom stereocenters. The third kappa shape index (κ3) is 2.65. The van der Waals surface area contributed by atoms with Gasteiger partial charge in [-0.2, -0.15) is 5.26 Å². The Morgan fingerprint density at radius 1 is 1.06 bits per heavy atom. The molecular formula is C27H26N4O2. The number of nitrogens with zero attached hydrogens (tertiary/aromatic N) is 3. The number of para-hydroxylation sites is 2. The molecule has 6 nitrogen and oxygen atoms in total. The van der Waals surface area contributed by atoms with Gasteiger partial charge in [0.2, 0.25) is 5.91 Å². The predicted octanol–water partition coefficient (Wildman–Crippen LogP) is 4.21. The first-order valence-corrected chi connectivity index (χ1v) is 11.4. The van der Waals surface area contributed by atoms with Crippen molar-refractivity contribution in [2.24, 2.45) is 5.73 Å². The van der Waals surface area contributed by atoms with Crippen molar-refractivity contribution in [2.75, 3.05) is 16.3 Å². The standard InChI is InChI=1S/C27H26N4O2/c1-3-15-30-21-12-7-5-10-18(21)27(26(30)33)19(16-28)25(29)31(20-11-6-4-9-17(20)2)22-13-8-14-23(32)24(22)27/h4-7,9-12H,3,8,13-15,29H2,1-2H3/t27-/m1/s1. The molecule has 2 aliphatic heterocycles. The van der Waals surface area contributed by atoms with Crippen LogP contribution in [0.4, 0.5) is 11.4 Å². The van der Waals surface area contributed by atoms with E-state index >= 15 is 0 Å². The van der Waals surface area contributed by atoms with E-state index in [9.17, 15) is 14.9 Å². The first kappa shape index (κ1) is 21.0. The number of nitriles is 1. The van der Waals surface area contributed by atoms with E-state index in [0.29, 0.717) is 36.9 Å². The van der Waals surface area contributed by atoms with Crippen molar-refractivity contribution in [1.82, 2.24) is 0 Å². The van der Waals surface area contributed by atoms with Crippen LogP contribution < -0.4 is 15.5 Å². The zero-order chi connectivity index (χ0) is 23.3. The number of amides is 1. The number of fused-ring (bicyclic) bond motifs is 3. The molecule has 0 saturated heterocycles. The summed E-state index contributed by atoms with van der Waals surface area (Å²) in [4.78, 5) is 31.4. The second-order valence-electron chi connectivity index (χ2n) is 8.82. The first-order chi connectivity index (χ1) is 16.0. The van der Waals surface area contributed by atoms with Crippen LogP contribution in [-0.4, -0.2) is 18.2 Å². The quantitative estimate of drug-likeness (QED) is 0.775. The minimum atomic E-state index is -1.49. The van der Waals surface area contributed by atoms with Crippen molar-refractivity contribution < 1.29 is 9.59 Å². The Hall–Kier alpha value is -3.85. The third-order valence-corrected chi connectivity index (χ3v) is 6.98. The van der Waals surface area contributed by atoms with Gasteiger partial charge in [-0.15, -0.1) is 0 Å². The van der Waals surface area contributed by atoms with E-state index in [1.807, 2.05) is 67.3 Å². The van der Waals surface area contributed by atoms with Crippen LogP contribution in [0.25, 0.3) is 0 Å². The van der Waals surface area contributed by atoms with Crippen molar-refractivity contribution in [3.63, 3.8) is 0 Å². The highest BCUT2D eigenvalue weighted by Crippen LogP contribution is 2.56. The Labute approximate surface area is 193 Å². The minimum Gasteiger partial charge on any atom is -0.384 e. The number of hydrogen-bond donors (Lipinski definition) is 1. The number of nitrogens with two attached hydrogens (primary N) is 1. The molecule has 1 spiro atoms. The smallest absolute Gasteiger partial charge is 0.247 e.